The second kappa shape index (κ2) is 19.7. The van der Waals surface area contributed by atoms with Gasteiger partial charge in [0.1, 0.15) is 29.5 Å². The lowest BCUT2D eigenvalue weighted by atomic mass is 10.0. The summed E-state index contributed by atoms with van der Waals surface area (Å²) >= 11 is 0. The van der Waals surface area contributed by atoms with E-state index in [1.807, 2.05) is 50.8 Å². The van der Waals surface area contributed by atoms with Crippen LogP contribution in [0.25, 0.3) is 22.1 Å². The number of aromatic nitrogens is 4. The Morgan fingerprint density at radius 2 is 1.24 bits per heavy atom. The number of fused-ring (bicyclic) bond motifs is 2. The molecule has 4 saturated heterocycles. The maximum Gasteiger partial charge on any atom is 0.407 e. The molecule has 2 aromatic heterocycles. The highest BCUT2D eigenvalue weighted by Gasteiger charge is 2.41. The first kappa shape index (κ1) is 46.7. The molecular formula is C51H65FN10O6. The van der Waals surface area contributed by atoms with Crippen molar-refractivity contribution < 1.29 is 33.4 Å². The Hall–Kier alpha value is -6.39. The predicted molar refractivity (Wildman–Crippen MR) is 258 cm³/mol. The van der Waals surface area contributed by atoms with Crippen molar-refractivity contribution in [2.45, 2.75) is 128 Å². The monoisotopic (exact) mass is 933 g/mol. The average Bonchev–Trinajstić information content (AvgIpc) is 4.17. The minimum Gasteiger partial charge on any atom is -0.465 e. The van der Waals surface area contributed by atoms with Crippen molar-refractivity contribution in [3.8, 4) is 0 Å². The molecule has 6 heterocycles. The number of imidazole rings is 2. The van der Waals surface area contributed by atoms with E-state index in [4.69, 9.17) is 14.7 Å². The van der Waals surface area contributed by atoms with Crippen LogP contribution in [0.15, 0.2) is 54.6 Å². The number of aromatic amines is 2. The molecule has 3 aromatic carbocycles. The van der Waals surface area contributed by atoms with Gasteiger partial charge < -0.3 is 50.0 Å². The fourth-order valence-electron chi connectivity index (χ4n) is 11.2. The van der Waals surface area contributed by atoms with Crippen LogP contribution in [0.5, 0.6) is 0 Å². The molecule has 5 N–H and O–H groups in total. The zero-order valence-electron chi connectivity index (χ0n) is 39.8. The first-order valence-electron chi connectivity index (χ1n) is 24.6. The number of H-pyrrole nitrogens is 2. The Morgan fingerprint density at radius 3 is 1.82 bits per heavy atom. The van der Waals surface area contributed by atoms with Gasteiger partial charge in [-0.1, -0.05) is 52.7 Å². The van der Waals surface area contributed by atoms with Crippen molar-refractivity contribution in [3.05, 3.63) is 83.2 Å². The van der Waals surface area contributed by atoms with Gasteiger partial charge in [0.15, 0.2) is 0 Å². The largest absolute Gasteiger partial charge is 0.465 e. The molecule has 5 aromatic rings. The zero-order valence-corrected chi connectivity index (χ0v) is 39.8. The molecule has 6 atom stereocenters. The van der Waals surface area contributed by atoms with Gasteiger partial charge in [-0.25, -0.2) is 23.9 Å². The summed E-state index contributed by atoms with van der Waals surface area (Å²) in [5, 5.41) is 14.6. The van der Waals surface area contributed by atoms with Crippen molar-refractivity contribution in [2.24, 2.45) is 11.8 Å². The number of carbonyl (C=O) groups is 4. The smallest absolute Gasteiger partial charge is 0.407 e. The number of rotatable bonds is 12. The number of carbonyl (C=O) groups excluding carboxylic acids is 3. The van der Waals surface area contributed by atoms with Gasteiger partial charge in [0, 0.05) is 31.9 Å². The molecule has 0 radical (unpaired) electrons. The Bertz CT molecular complexity index is 2660. The number of benzene rings is 3. The van der Waals surface area contributed by atoms with Crippen LogP contribution < -0.4 is 20.4 Å². The van der Waals surface area contributed by atoms with E-state index in [2.05, 4.69) is 60.7 Å². The molecule has 4 amide bonds. The third kappa shape index (κ3) is 9.27. The minimum atomic E-state index is -1.23. The van der Waals surface area contributed by atoms with E-state index in [-0.39, 0.29) is 53.6 Å². The number of methoxy groups -OCH3 is 1. The first-order valence-corrected chi connectivity index (χ1v) is 24.6. The molecule has 4 aliphatic rings. The number of nitrogens with zero attached hydrogens (tertiary/aromatic N) is 6. The van der Waals surface area contributed by atoms with Gasteiger partial charge in [-0.05, 0) is 117 Å². The minimum absolute atomic E-state index is 0.117. The summed E-state index contributed by atoms with van der Waals surface area (Å²) < 4.78 is 21.3. The molecule has 0 aliphatic carbocycles. The lowest BCUT2D eigenvalue weighted by Crippen LogP contribution is -2.51. The second-order valence-corrected chi connectivity index (χ2v) is 19.8. The summed E-state index contributed by atoms with van der Waals surface area (Å²) in [6.07, 6.45) is 7.15. The highest BCUT2D eigenvalue weighted by atomic mass is 19.1. The van der Waals surface area contributed by atoms with E-state index >= 15 is 4.39 Å². The van der Waals surface area contributed by atoms with Gasteiger partial charge in [0.25, 0.3) is 0 Å². The molecule has 4 aliphatic heterocycles. The summed E-state index contributed by atoms with van der Waals surface area (Å²) in [5.74, 6) is 0.342. The van der Waals surface area contributed by atoms with Crippen molar-refractivity contribution in [1.82, 2.24) is 40.4 Å². The van der Waals surface area contributed by atoms with Gasteiger partial charge >= 0.3 is 12.2 Å². The molecule has 9 rings (SSSR count). The molecule has 17 heteroatoms. The van der Waals surface area contributed by atoms with Gasteiger partial charge in [0.2, 0.25) is 11.8 Å². The van der Waals surface area contributed by atoms with Crippen LogP contribution in [0.4, 0.5) is 25.4 Å². The van der Waals surface area contributed by atoms with Crippen LogP contribution in [0, 0.1) is 17.7 Å². The van der Waals surface area contributed by atoms with Crippen molar-refractivity contribution >= 4 is 57.4 Å². The number of ether oxygens (including phenoxy) is 1. The molecule has 4 fully saturated rings. The highest BCUT2D eigenvalue weighted by molar-refractivity contribution is 5.87. The Kier molecular flexibility index (Phi) is 13.5. The van der Waals surface area contributed by atoms with Crippen LogP contribution in [-0.4, -0.2) is 104 Å². The molecule has 0 saturated carbocycles. The fraction of sp³-hybridized carbons (Fsp3) is 0.529. The van der Waals surface area contributed by atoms with Gasteiger partial charge in [-0.3, -0.25) is 9.59 Å². The SMILES string of the molecule is COC(=O)N[C@H](C(=O)N1CCC[C@H]1c1nc2cc([C@H]3CC[C@H](c4ccc5nc([C@@H]6CCCN6C(=O)[C@@H](NC(=O)O)C(C)C)[nH]c5c4)N3c3ccc(N4CCCCCC4)c(F)c3)ccc2[nH]1)C(C)C. The Labute approximate surface area is 396 Å². The standard InChI is InChI=1S/C51H65FN10O6/c1-29(2)44(57-50(65)66)48(63)60-24-10-12-42(60)46-53-35-17-14-31(26-37(35)55-46)39-20-21-40(62(39)33-16-19-41(34(52)28-33)59-22-8-6-7-9-23-59)32-15-18-36-38(27-32)56-47(54-36)43-13-11-25-61(43)49(64)45(30(3)4)58-51(67)68-5/h14-19,26-30,39-40,42-45,57H,6-13,20-25H2,1-5H3,(H,53,55)(H,54,56)(H,58,67)(H,65,66)/t39-,40-,42+,43+,44+,45+/m1/s1. The Morgan fingerprint density at radius 1 is 0.662 bits per heavy atom. The third-order valence-electron chi connectivity index (χ3n) is 14.7. The van der Waals surface area contributed by atoms with E-state index in [0.29, 0.717) is 36.8 Å². The number of alkyl carbamates (subject to hydrolysis) is 1. The highest BCUT2D eigenvalue weighted by Crippen LogP contribution is 2.48. The summed E-state index contributed by atoms with van der Waals surface area (Å²) in [7, 11) is 1.29. The molecule has 0 unspecified atom stereocenters. The number of anilines is 2. The normalized spacial score (nSPS) is 22.1. The Balaban J connectivity index is 1.03. The van der Waals surface area contributed by atoms with Crippen molar-refractivity contribution in [2.75, 3.05) is 43.1 Å². The number of hydrogen-bond acceptors (Lipinski definition) is 9. The van der Waals surface area contributed by atoms with Gasteiger partial charge in [-0.15, -0.1) is 0 Å². The lowest BCUT2D eigenvalue weighted by Gasteiger charge is -2.34. The topological polar surface area (TPSA) is 192 Å². The van der Waals surface area contributed by atoms with Crippen LogP contribution in [0.2, 0.25) is 0 Å². The number of amides is 4. The molecule has 68 heavy (non-hydrogen) atoms. The second-order valence-electron chi connectivity index (χ2n) is 19.8. The first-order chi connectivity index (χ1) is 32.8. The van der Waals surface area contributed by atoms with Crippen LogP contribution in [0.3, 0.4) is 0 Å². The maximum atomic E-state index is 16.5. The lowest BCUT2D eigenvalue weighted by molar-refractivity contribution is -0.136. The van der Waals surface area contributed by atoms with E-state index in [1.165, 1.54) is 7.11 Å². The molecule has 0 spiro atoms. The van der Waals surface area contributed by atoms with E-state index < -0.39 is 24.3 Å². The predicted octanol–water partition coefficient (Wildman–Crippen LogP) is 9.04. The summed E-state index contributed by atoms with van der Waals surface area (Å²) in [5.41, 5.74) is 6.75. The number of halogens is 1. The number of likely N-dealkylation sites (tertiary alicyclic amines) is 2. The maximum absolute atomic E-state index is 16.5. The quantitative estimate of drug-likeness (QED) is 0.0807. The summed E-state index contributed by atoms with van der Waals surface area (Å²) in [6.45, 7) is 10.2. The summed E-state index contributed by atoms with van der Waals surface area (Å²) in [4.78, 5) is 76.7. The molecular weight excluding hydrogens is 868 g/mol. The molecule has 362 valence electrons. The van der Waals surface area contributed by atoms with E-state index in [1.54, 1.807) is 11.0 Å². The fourth-order valence-corrected chi connectivity index (χ4v) is 11.2. The van der Waals surface area contributed by atoms with E-state index in [9.17, 15) is 24.3 Å². The van der Waals surface area contributed by atoms with Crippen LogP contribution in [0.1, 0.15) is 139 Å². The number of hydrogen-bond donors (Lipinski definition) is 5. The van der Waals surface area contributed by atoms with E-state index in [0.717, 1.165) is 110 Å². The number of carboxylic acid groups (broad SMARTS) is 1. The summed E-state index contributed by atoms with van der Waals surface area (Å²) in [6, 6.07) is 15.8. The average molecular weight is 933 g/mol. The van der Waals surface area contributed by atoms with Crippen LogP contribution in [-0.2, 0) is 14.3 Å². The molecule has 0 bridgehead atoms. The van der Waals surface area contributed by atoms with Crippen molar-refractivity contribution in [3.63, 3.8) is 0 Å². The third-order valence-corrected chi connectivity index (χ3v) is 14.7. The van der Waals surface area contributed by atoms with Gasteiger partial charge in [-0.2, -0.15) is 0 Å². The van der Waals surface area contributed by atoms with Crippen LogP contribution >= 0.6 is 0 Å². The zero-order chi connectivity index (χ0) is 47.8. The number of nitrogens with one attached hydrogen (secondary N) is 4. The van der Waals surface area contributed by atoms with Gasteiger partial charge in [0.05, 0.1) is 59.0 Å². The van der Waals surface area contributed by atoms with Crippen molar-refractivity contribution in [1.29, 1.82) is 0 Å². The molecule has 16 nitrogen and oxygen atoms in total.